The van der Waals surface area contributed by atoms with Gasteiger partial charge >= 0.3 is 5.97 Å². The Hall–Kier alpha value is -2.24. The molecule has 3 aromatic rings. The summed E-state index contributed by atoms with van der Waals surface area (Å²) in [6, 6.07) is 11.6. The highest BCUT2D eigenvalue weighted by molar-refractivity contribution is 7.12. The van der Waals surface area contributed by atoms with Crippen LogP contribution in [-0.2, 0) is 0 Å². The van der Waals surface area contributed by atoms with Gasteiger partial charge in [-0.3, -0.25) is 4.79 Å². The van der Waals surface area contributed by atoms with E-state index in [4.69, 9.17) is 5.11 Å². The summed E-state index contributed by atoms with van der Waals surface area (Å²) in [6.45, 7) is 5.43. The van der Waals surface area contributed by atoms with Gasteiger partial charge in [-0.25, -0.2) is 4.79 Å². The maximum absolute atomic E-state index is 11.2. The average molecular weight is 358 g/mol. The van der Waals surface area contributed by atoms with E-state index in [2.05, 4.69) is 0 Å². The summed E-state index contributed by atoms with van der Waals surface area (Å²) >= 11 is 2.96. The van der Waals surface area contributed by atoms with Gasteiger partial charge < -0.3 is 5.11 Å². The minimum Gasteiger partial charge on any atom is -0.478 e. The summed E-state index contributed by atoms with van der Waals surface area (Å²) in [5.74, 6) is -0.700. The van der Waals surface area contributed by atoms with Crippen molar-refractivity contribution in [2.75, 3.05) is 0 Å². The number of rotatable bonds is 3. The van der Waals surface area contributed by atoms with Crippen molar-refractivity contribution in [3.63, 3.8) is 0 Å². The van der Waals surface area contributed by atoms with Gasteiger partial charge in [-0.15, -0.1) is 22.7 Å². The van der Waals surface area contributed by atoms with Crippen LogP contribution in [0.4, 0.5) is 0 Å². The van der Waals surface area contributed by atoms with E-state index in [0.29, 0.717) is 5.56 Å². The molecule has 0 atom stereocenters. The van der Waals surface area contributed by atoms with Crippen LogP contribution in [0.2, 0.25) is 0 Å². The van der Waals surface area contributed by atoms with Crippen LogP contribution in [0.3, 0.4) is 0 Å². The van der Waals surface area contributed by atoms with Crippen LogP contribution >= 0.6 is 22.7 Å². The number of hydrogen-bond acceptors (Lipinski definition) is 4. The van der Waals surface area contributed by atoms with Gasteiger partial charge in [-0.2, -0.15) is 0 Å². The predicted molar refractivity (Wildman–Crippen MR) is 101 cm³/mol. The molecule has 0 saturated carbocycles. The zero-order chi connectivity index (χ0) is 17.7. The van der Waals surface area contributed by atoms with Gasteiger partial charge in [0.1, 0.15) is 0 Å². The second-order valence-corrected chi connectivity index (χ2v) is 7.32. The van der Waals surface area contributed by atoms with Gasteiger partial charge in [0.2, 0.25) is 0 Å². The summed E-state index contributed by atoms with van der Waals surface area (Å²) in [5, 5.41) is 13.0. The lowest BCUT2D eigenvalue weighted by Crippen LogP contribution is -1.98. The van der Waals surface area contributed by atoms with Crippen molar-refractivity contribution in [1.82, 2.24) is 0 Å². The Balaban J connectivity index is 0.000000219. The first kappa shape index (κ1) is 18.1. The zero-order valence-electron chi connectivity index (χ0n) is 13.7. The smallest absolute Gasteiger partial charge is 0.337 e. The molecular formula is C19H18O3S2. The van der Waals surface area contributed by atoms with E-state index in [9.17, 15) is 9.59 Å². The maximum Gasteiger partial charge on any atom is 0.337 e. The quantitative estimate of drug-likeness (QED) is 0.613. The highest BCUT2D eigenvalue weighted by atomic mass is 32.1. The van der Waals surface area contributed by atoms with Crippen LogP contribution < -0.4 is 0 Å². The molecule has 2 heterocycles. The van der Waals surface area contributed by atoms with E-state index in [1.807, 2.05) is 61.0 Å². The SMILES string of the molecule is CC(=O)c1cccs1.Cc1ccc(-c2csc(C)c2C(=O)O)cc1. The van der Waals surface area contributed by atoms with Crippen LogP contribution in [0.5, 0.6) is 0 Å². The summed E-state index contributed by atoms with van der Waals surface area (Å²) in [5.41, 5.74) is 3.38. The van der Waals surface area contributed by atoms with Crippen LogP contribution in [-0.4, -0.2) is 16.9 Å². The molecule has 2 aromatic heterocycles. The Morgan fingerprint density at radius 1 is 1.00 bits per heavy atom. The standard InChI is InChI=1S/C13H12O2S.C6H6OS/c1-8-3-5-10(6-4-8)11-7-16-9(2)12(11)13(14)15;1-5(7)6-3-2-4-8-6/h3-7H,1-2H3,(H,14,15);2-4H,1H3. The third-order valence-corrected chi connectivity index (χ3v) is 5.30. The summed E-state index contributed by atoms with van der Waals surface area (Å²) in [7, 11) is 0. The largest absolute Gasteiger partial charge is 0.478 e. The zero-order valence-corrected chi connectivity index (χ0v) is 15.3. The summed E-state index contributed by atoms with van der Waals surface area (Å²) in [6.07, 6.45) is 0. The van der Waals surface area contributed by atoms with Gasteiger partial charge in [0.15, 0.2) is 5.78 Å². The second kappa shape index (κ2) is 8.04. The maximum atomic E-state index is 11.2. The van der Waals surface area contributed by atoms with E-state index in [1.54, 1.807) is 6.92 Å². The number of carboxylic acids is 1. The molecule has 5 heteroatoms. The van der Waals surface area contributed by atoms with Crippen molar-refractivity contribution in [3.8, 4) is 11.1 Å². The number of benzene rings is 1. The minimum absolute atomic E-state index is 0.153. The van der Waals surface area contributed by atoms with Crippen molar-refractivity contribution in [2.24, 2.45) is 0 Å². The van der Waals surface area contributed by atoms with Crippen molar-refractivity contribution < 1.29 is 14.7 Å². The highest BCUT2D eigenvalue weighted by Crippen LogP contribution is 2.31. The number of thiophene rings is 2. The molecule has 24 heavy (non-hydrogen) atoms. The fraction of sp³-hybridized carbons (Fsp3) is 0.158. The van der Waals surface area contributed by atoms with Crippen LogP contribution in [0.25, 0.3) is 11.1 Å². The lowest BCUT2D eigenvalue weighted by molar-refractivity contribution is 0.0697. The lowest BCUT2D eigenvalue weighted by atomic mass is 10.0. The number of ketones is 1. The Morgan fingerprint density at radius 2 is 1.67 bits per heavy atom. The first-order valence-corrected chi connectivity index (χ1v) is 9.09. The first-order chi connectivity index (χ1) is 11.4. The molecule has 0 spiro atoms. The fourth-order valence-electron chi connectivity index (χ4n) is 2.14. The third-order valence-electron chi connectivity index (χ3n) is 3.42. The molecule has 124 valence electrons. The van der Waals surface area contributed by atoms with Crippen LogP contribution in [0.1, 0.15) is 37.4 Å². The number of carboxylic acid groups (broad SMARTS) is 1. The highest BCUT2D eigenvalue weighted by Gasteiger charge is 2.16. The lowest BCUT2D eigenvalue weighted by Gasteiger charge is -2.02. The number of hydrogen-bond donors (Lipinski definition) is 1. The van der Waals surface area contributed by atoms with E-state index in [0.717, 1.165) is 20.9 Å². The van der Waals surface area contributed by atoms with Crippen molar-refractivity contribution in [1.29, 1.82) is 0 Å². The van der Waals surface area contributed by atoms with E-state index >= 15 is 0 Å². The first-order valence-electron chi connectivity index (χ1n) is 7.33. The molecule has 0 aliphatic rings. The summed E-state index contributed by atoms with van der Waals surface area (Å²) < 4.78 is 0. The molecule has 0 bridgehead atoms. The molecular weight excluding hydrogens is 340 g/mol. The predicted octanol–water partition coefficient (Wildman–Crippen LogP) is 5.68. The number of Topliss-reactive ketones (excluding diaryl/α,β-unsaturated/α-hetero) is 1. The Bertz CT molecular complexity index is 828. The normalized spacial score (nSPS) is 9.96. The molecule has 1 N–H and O–H groups in total. The fourth-order valence-corrected chi connectivity index (χ4v) is 3.64. The van der Waals surface area contributed by atoms with Crippen molar-refractivity contribution in [2.45, 2.75) is 20.8 Å². The topological polar surface area (TPSA) is 54.4 Å². The molecule has 1 aromatic carbocycles. The van der Waals surface area contributed by atoms with Gasteiger partial charge in [-0.05, 0) is 43.2 Å². The molecule has 0 aliphatic carbocycles. The number of aryl methyl sites for hydroxylation is 2. The Morgan fingerprint density at radius 3 is 2.12 bits per heavy atom. The number of aromatic carboxylic acids is 1. The van der Waals surface area contributed by atoms with Gasteiger partial charge in [0.25, 0.3) is 0 Å². The van der Waals surface area contributed by atoms with Crippen LogP contribution in [0.15, 0.2) is 47.2 Å². The molecule has 3 rings (SSSR count). The van der Waals surface area contributed by atoms with Crippen molar-refractivity contribution >= 4 is 34.4 Å². The second-order valence-electron chi connectivity index (χ2n) is 5.29. The molecule has 0 aliphatic heterocycles. The van der Waals surface area contributed by atoms with E-state index in [1.165, 1.54) is 28.2 Å². The molecule has 3 nitrogen and oxygen atoms in total. The monoisotopic (exact) mass is 358 g/mol. The van der Waals surface area contributed by atoms with E-state index in [-0.39, 0.29) is 5.78 Å². The van der Waals surface area contributed by atoms with Gasteiger partial charge in [0.05, 0.1) is 10.4 Å². The van der Waals surface area contributed by atoms with Gasteiger partial charge in [0, 0.05) is 10.4 Å². The Kier molecular flexibility index (Phi) is 6.06. The third kappa shape index (κ3) is 4.40. The molecule has 0 saturated heterocycles. The van der Waals surface area contributed by atoms with E-state index < -0.39 is 5.97 Å². The van der Waals surface area contributed by atoms with Gasteiger partial charge in [-0.1, -0.05) is 35.9 Å². The molecule has 0 fully saturated rings. The molecule has 0 unspecified atom stereocenters. The number of carbonyl (C=O) groups excluding carboxylic acids is 1. The number of carbonyl (C=O) groups is 2. The molecule has 0 amide bonds. The van der Waals surface area contributed by atoms with Crippen LogP contribution in [0, 0.1) is 13.8 Å². The minimum atomic E-state index is -0.852. The molecule has 0 radical (unpaired) electrons. The average Bonchev–Trinajstić information content (AvgIpc) is 3.18. The Labute approximate surface area is 149 Å². The van der Waals surface area contributed by atoms with Crippen molar-refractivity contribution in [3.05, 3.63) is 68.0 Å². The summed E-state index contributed by atoms with van der Waals surface area (Å²) in [4.78, 5) is 23.4.